The summed E-state index contributed by atoms with van der Waals surface area (Å²) in [6.07, 6.45) is 0. The number of amides is 1. The van der Waals surface area contributed by atoms with Gasteiger partial charge in [-0.25, -0.2) is 4.79 Å². The number of hydrogen-bond donors (Lipinski definition) is 2. The summed E-state index contributed by atoms with van der Waals surface area (Å²) in [4.78, 5) is 23.3. The van der Waals surface area contributed by atoms with E-state index in [9.17, 15) is 9.59 Å². The van der Waals surface area contributed by atoms with Gasteiger partial charge in [0.1, 0.15) is 5.75 Å². The Kier molecular flexibility index (Phi) is 4.59. The fourth-order valence-corrected chi connectivity index (χ4v) is 2.21. The molecule has 108 valence electrons. The minimum Gasteiger partial charge on any atom is -0.496 e. The van der Waals surface area contributed by atoms with Gasteiger partial charge in [0, 0.05) is 10.2 Å². The van der Waals surface area contributed by atoms with Gasteiger partial charge in [0.15, 0.2) is 0 Å². The number of carboxylic acids is 1. The lowest BCUT2D eigenvalue weighted by Gasteiger charge is -2.10. The van der Waals surface area contributed by atoms with Gasteiger partial charge in [-0.2, -0.15) is 0 Å². The Morgan fingerprint density at radius 1 is 1.14 bits per heavy atom. The first-order chi connectivity index (χ1) is 10.0. The Labute approximate surface area is 129 Å². The van der Waals surface area contributed by atoms with Crippen LogP contribution in [-0.2, 0) is 0 Å². The Morgan fingerprint density at radius 2 is 1.86 bits per heavy atom. The lowest BCUT2D eigenvalue weighted by molar-refractivity contribution is 0.0695. The van der Waals surface area contributed by atoms with E-state index in [1.54, 1.807) is 36.4 Å². The largest absolute Gasteiger partial charge is 0.496 e. The summed E-state index contributed by atoms with van der Waals surface area (Å²) in [7, 11) is 1.48. The van der Waals surface area contributed by atoms with E-state index in [1.807, 2.05) is 0 Å². The smallest absolute Gasteiger partial charge is 0.336 e. The second-order valence-corrected chi connectivity index (χ2v) is 5.01. The van der Waals surface area contributed by atoms with Crippen LogP contribution >= 0.6 is 15.9 Å². The quantitative estimate of drug-likeness (QED) is 0.886. The number of benzene rings is 2. The van der Waals surface area contributed by atoms with Crippen molar-refractivity contribution in [1.29, 1.82) is 0 Å². The molecule has 2 aromatic rings. The second-order valence-electron chi connectivity index (χ2n) is 4.15. The number of carbonyl (C=O) groups excluding carboxylic acids is 1. The molecule has 0 radical (unpaired) electrons. The molecule has 0 atom stereocenters. The topological polar surface area (TPSA) is 75.6 Å². The van der Waals surface area contributed by atoms with E-state index in [0.29, 0.717) is 21.5 Å². The second kappa shape index (κ2) is 6.41. The van der Waals surface area contributed by atoms with Gasteiger partial charge in [-0.1, -0.05) is 12.1 Å². The van der Waals surface area contributed by atoms with Crippen LogP contribution in [-0.4, -0.2) is 24.1 Å². The molecule has 0 bridgehead atoms. The highest BCUT2D eigenvalue weighted by Gasteiger charge is 2.14. The van der Waals surface area contributed by atoms with Crippen LogP contribution in [0.2, 0.25) is 0 Å². The SMILES string of the molecule is COc1ccccc1C(=O)Nc1ccc(Br)c(C(=O)O)c1. The van der Waals surface area contributed by atoms with E-state index in [-0.39, 0.29) is 11.5 Å². The average Bonchev–Trinajstić information content (AvgIpc) is 2.48. The number of aromatic carboxylic acids is 1. The lowest BCUT2D eigenvalue weighted by atomic mass is 10.1. The van der Waals surface area contributed by atoms with Crippen molar-refractivity contribution in [2.75, 3.05) is 12.4 Å². The van der Waals surface area contributed by atoms with Crippen molar-refractivity contribution in [3.8, 4) is 5.75 Å². The zero-order valence-electron chi connectivity index (χ0n) is 11.1. The number of methoxy groups -OCH3 is 1. The molecule has 21 heavy (non-hydrogen) atoms. The Hall–Kier alpha value is -2.34. The lowest BCUT2D eigenvalue weighted by Crippen LogP contribution is -2.13. The van der Waals surface area contributed by atoms with Crippen LogP contribution in [0.15, 0.2) is 46.9 Å². The maximum absolute atomic E-state index is 12.2. The van der Waals surface area contributed by atoms with Crippen molar-refractivity contribution in [2.24, 2.45) is 0 Å². The van der Waals surface area contributed by atoms with Gasteiger partial charge in [0.2, 0.25) is 0 Å². The van der Waals surface area contributed by atoms with Crippen LogP contribution in [0.1, 0.15) is 20.7 Å². The van der Waals surface area contributed by atoms with Gasteiger partial charge in [0.25, 0.3) is 5.91 Å². The summed E-state index contributed by atoms with van der Waals surface area (Å²) in [5.41, 5.74) is 0.846. The zero-order chi connectivity index (χ0) is 15.4. The van der Waals surface area contributed by atoms with E-state index >= 15 is 0 Å². The molecule has 0 saturated carbocycles. The van der Waals surface area contributed by atoms with Crippen LogP contribution in [0.5, 0.6) is 5.75 Å². The molecule has 0 unspecified atom stereocenters. The number of carbonyl (C=O) groups is 2. The molecule has 0 aromatic heterocycles. The van der Waals surface area contributed by atoms with E-state index in [2.05, 4.69) is 21.2 Å². The van der Waals surface area contributed by atoms with Crippen LogP contribution in [0, 0.1) is 0 Å². The normalized spacial score (nSPS) is 10.0. The number of nitrogens with one attached hydrogen (secondary N) is 1. The van der Waals surface area contributed by atoms with Gasteiger partial charge in [0.05, 0.1) is 18.2 Å². The predicted octanol–water partition coefficient (Wildman–Crippen LogP) is 3.41. The third-order valence-electron chi connectivity index (χ3n) is 2.81. The van der Waals surface area contributed by atoms with Gasteiger partial charge in [-0.3, -0.25) is 4.79 Å². The van der Waals surface area contributed by atoms with E-state index in [0.717, 1.165) is 0 Å². The molecule has 1 amide bonds. The molecule has 2 aromatic carbocycles. The highest BCUT2D eigenvalue weighted by molar-refractivity contribution is 9.10. The number of para-hydroxylation sites is 1. The van der Waals surface area contributed by atoms with Crippen molar-refractivity contribution in [3.05, 3.63) is 58.1 Å². The van der Waals surface area contributed by atoms with Gasteiger partial charge in [-0.05, 0) is 46.3 Å². The summed E-state index contributed by atoms with van der Waals surface area (Å²) >= 11 is 3.15. The highest BCUT2D eigenvalue weighted by atomic mass is 79.9. The van der Waals surface area contributed by atoms with Crippen molar-refractivity contribution in [3.63, 3.8) is 0 Å². The van der Waals surface area contributed by atoms with Crippen molar-refractivity contribution in [1.82, 2.24) is 0 Å². The molecule has 6 heteroatoms. The van der Waals surface area contributed by atoms with E-state index in [4.69, 9.17) is 9.84 Å². The molecular weight excluding hydrogens is 338 g/mol. The maximum atomic E-state index is 12.2. The van der Waals surface area contributed by atoms with E-state index < -0.39 is 5.97 Å². The molecule has 2 rings (SSSR count). The molecule has 0 aliphatic rings. The Balaban J connectivity index is 2.28. The number of ether oxygens (including phenoxy) is 1. The average molecular weight is 350 g/mol. The monoisotopic (exact) mass is 349 g/mol. The fraction of sp³-hybridized carbons (Fsp3) is 0.0667. The molecular formula is C15H12BrNO4. The molecule has 2 N–H and O–H groups in total. The predicted molar refractivity (Wildman–Crippen MR) is 82.0 cm³/mol. The fourth-order valence-electron chi connectivity index (χ4n) is 1.80. The molecule has 0 heterocycles. The first-order valence-corrected chi connectivity index (χ1v) is 6.79. The van der Waals surface area contributed by atoms with Crippen molar-refractivity contribution >= 4 is 33.5 Å². The third kappa shape index (κ3) is 3.41. The Morgan fingerprint density at radius 3 is 2.52 bits per heavy atom. The standard InChI is InChI=1S/C15H12BrNO4/c1-21-13-5-3-2-4-10(13)14(18)17-9-6-7-12(16)11(8-9)15(19)20/h2-8H,1H3,(H,17,18)(H,19,20). The number of hydrogen-bond acceptors (Lipinski definition) is 3. The molecule has 0 spiro atoms. The van der Waals surface area contributed by atoms with Crippen molar-refractivity contribution < 1.29 is 19.4 Å². The van der Waals surface area contributed by atoms with Crippen LogP contribution < -0.4 is 10.1 Å². The summed E-state index contributed by atoms with van der Waals surface area (Å²) in [6, 6.07) is 11.4. The minimum absolute atomic E-state index is 0.0767. The maximum Gasteiger partial charge on any atom is 0.336 e. The number of rotatable bonds is 4. The Bertz CT molecular complexity index is 700. The van der Waals surface area contributed by atoms with Gasteiger partial charge in [-0.15, -0.1) is 0 Å². The van der Waals surface area contributed by atoms with Crippen LogP contribution in [0.4, 0.5) is 5.69 Å². The van der Waals surface area contributed by atoms with Crippen LogP contribution in [0.25, 0.3) is 0 Å². The molecule has 0 fully saturated rings. The first kappa shape index (κ1) is 15.1. The highest BCUT2D eigenvalue weighted by Crippen LogP contribution is 2.23. The molecule has 5 nitrogen and oxygen atoms in total. The van der Waals surface area contributed by atoms with Crippen molar-refractivity contribution in [2.45, 2.75) is 0 Å². The van der Waals surface area contributed by atoms with E-state index in [1.165, 1.54) is 13.2 Å². The summed E-state index contributed by atoms with van der Waals surface area (Å²) in [5, 5.41) is 11.7. The summed E-state index contributed by atoms with van der Waals surface area (Å²) in [6.45, 7) is 0. The molecule has 0 aliphatic carbocycles. The number of anilines is 1. The molecule has 0 aliphatic heterocycles. The number of halogens is 1. The summed E-state index contributed by atoms with van der Waals surface area (Å²) < 4.78 is 5.57. The van der Waals surface area contributed by atoms with Gasteiger partial charge < -0.3 is 15.2 Å². The molecule has 0 saturated heterocycles. The van der Waals surface area contributed by atoms with Gasteiger partial charge >= 0.3 is 5.97 Å². The number of carboxylic acid groups (broad SMARTS) is 1. The zero-order valence-corrected chi connectivity index (χ0v) is 12.7. The third-order valence-corrected chi connectivity index (χ3v) is 3.50. The van der Waals surface area contributed by atoms with Crippen LogP contribution in [0.3, 0.4) is 0 Å². The minimum atomic E-state index is -1.07. The first-order valence-electron chi connectivity index (χ1n) is 6.00. The summed E-state index contributed by atoms with van der Waals surface area (Å²) in [5.74, 6) is -0.994.